The molecule has 2 rings (SSSR count). The van der Waals surface area contributed by atoms with Crippen molar-refractivity contribution < 1.29 is 28.0 Å². The molecule has 0 aliphatic carbocycles. The number of H-pyrrole nitrogens is 2. The van der Waals surface area contributed by atoms with Gasteiger partial charge in [0.05, 0.1) is 17.5 Å². The smallest absolute Gasteiger partial charge is 0.230 e. The Labute approximate surface area is 230 Å². The Hall–Kier alpha value is -0.410. The number of hydrogen-bond acceptors (Lipinski definition) is 6. The second kappa shape index (κ2) is 23.7. The predicted molar refractivity (Wildman–Crippen MR) is 141 cm³/mol. The van der Waals surface area contributed by atoms with E-state index in [1.54, 1.807) is 13.1 Å². The van der Waals surface area contributed by atoms with E-state index in [1.165, 1.54) is 12.3 Å². The van der Waals surface area contributed by atoms with E-state index in [1.807, 2.05) is 19.9 Å². The van der Waals surface area contributed by atoms with Gasteiger partial charge in [-0.25, -0.2) is 0 Å². The Balaban J connectivity index is -0.000000348. The molecule has 180 valence electrons. The van der Waals surface area contributed by atoms with Crippen LogP contribution in [0.25, 0.3) is 0 Å². The molecule has 0 spiro atoms. The molecular weight excluding hydrogens is 825 g/mol. The minimum Gasteiger partial charge on any atom is -0.281 e. The van der Waals surface area contributed by atoms with Gasteiger partial charge in [0.15, 0.2) is 0 Å². The number of nitrogens with one attached hydrogen (secondary N) is 2. The second-order valence-corrected chi connectivity index (χ2v) is 22.6. The molecule has 0 bridgehead atoms. The van der Waals surface area contributed by atoms with E-state index in [2.05, 4.69) is 47.2 Å². The van der Waals surface area contributed by atoms with Gasteiger partial charge in [-0.2, -0.15) is 5.26 Å². The van der Waals surface area contributed by atoms with Crippen LogP contribution in [0.3, 0.4) is 0 Å². The third kappa shape index (κ3) is 25.8. The molecule has 0 amide bonds. The number of aromatic hydroxyl groups is 1. The minimum absolute atomic E-state index is 0.0405. The van der Waals surface area contributed by atoms with Crippen molar-refractivity contribution in [3.05, 3.63) is 61.4 Å². The van der Waals surface area contributed by atoms with Gasteiger partial charge < -0.3 is 15.1 Å². The number of rotatable bonds is 2. The Morgan fingerprint density at radius 2 is 1.44 bits per heavy atom. The zero-order chi connectivity index (χ0) is 25.7. The molecule has 0 saturated heterocycles. The number of pyridine rings is 2. The van der Waals surface area contributed by atoms with Gasteiger partial charge in [-0.15, -0.1) is 0 Å². The molecule has 0 aromatic carbocycles. The monoisotopic (exact) mass is 844 g/mol. The predicted octanol–water partition coefficient (Wildman–Crippen LogP) is 2.33. The molecule has 0 aliphatic rings. The number of halogens is 6. The number of hydrogen-bond donors (Lipinski definition) is 3. The van der Waals surface area contributed by atoms with Gasteiger partial charge in [-0.3, -0.25) is 19.2 Å². The summed E-state index contributed by atoms with van der Waals surface area (Å²) < 4.78 is 0. The maximum absolute atomic E-state index is 10.5. The van der Waals surface area contributed by atoms with Crippen LogP contribution >= 0.6 is 72.0 Å². The Kier molecular flexibility index (Phi) is 26.8. The summed E-state index contributed by atoms with van der Waals surface area (Å²) in [6.45, 7) is 5.36. The quantitative estimate of drug-likeness (QED) is 0.241. The summed E-state index contributed by atoms with van der Waals surface area (Å²) in [5.41, 5.74) is 1.12. The van der Waals surface area contributed by atoms with Gasteiger partial charge in [-0.1, -0.05) is 18.5 Å². The molecule has 0 saturated carbocycles. The maximum Gasteiger partial charge on any atom is 0.230 e. The molecule has 2 aromatic rings. The van der Waals surface area contributed by atoms with E-state index in [4.69, 9.17) is 45.2 Å². The number of nitrogens with zero attached hydrogens (tertiary/aromatic N) is 1. The molecule has 2 aromatic heterocycles. The van der Waals surface area contributed by atoms with Crippen LogP contribution < -0.4 is 24.4 Å². The second-order valence-electron chi connectivity index (χ2n) is 5.15. The Bertz CT molecular complexity index is 909. The van der Waals surface area contributed by atoms with E-state index >= 15 is 0 Å². The van der Waals surface area contributed by atoms with Crippen molar-refractivity contribution in [2.24, 2.45) is 0 Å². The van der Waals surface area contributed by atoms with Crippen molar-refractivity contribution in [2.75, 3.05) is 0 Å². The number of aryl methyl sites for hydroxylation is 2. The van der Waals surface area contributed by atoms with Crippen LogP contribution in [0.5, 0.6) is 5.75 Å². The topological polar surface area (TPSA) is 144 Å². The molecule has 0 aliphatic heterocycles. The molecule has 14 heteroatoms. The fourth-order valence-electron chi connectivity index (χ4n) is 1.16. The van der Waals surface area contributed by atoms with Gasteiger partial charge >= 0.3 is 50.5 Å². The van der Waals surface area contributed by atoms with Crippen LogP contribution in [0.4, 0.5) is 0 Å². The van der Waals surface area contributed by atoms with E-state index in [-0.39, 0.29) is 23.3 Å². The fourth-order valence-corrected chi connectivity index (χ4v) is 1.63. The molecule has 8 nitrogen and oxygen atoms in total. The van der Waals surface area contributed by atoms with Crippen molar-refractivity contribution in [1.29, 1.82) is 5.26 Å². The summed E-state index contributed by atoms with van der Waals surface area (Å²) in [4.78, 5) is 45.3. The number of carbonyl (C=O) groups excluding carboxylic acids is 2. The van der Waals surface area contributed by atoms with Gasteiger partial charge in [0.25, 0.3) is 5.56 Å². The maximum atomic E-state index is 10.5. The summed E-state index contributed by atoms with van der Waals surface area (Å²) in [6, 6.07) is 4.44. The van der Waals surface area contributed by atoms with Gasteiger partial charge in [0, 0.05) is 36.5 Å². The zero-order valence-electron chi connectivity index (χ0n) is 17.0. The fraction of sp³-hybridized carbons (Fsp3) is 0.278. The van der Waals surface area contributed by atoms with Crippen molar-refractivity contribution in [3.8, 4) is 11.8 Å². The molecule has 2 heterocycles. The number of nitriles is 1. The number of carbonyl (C=O) groups is 2. The van der Waals surface area contributed by atoms with Crippen LogP contribution in [0.1, 0.15) is 30.9 Å². The first kappa shape index (κ1) is 36.2. The van der Waals surface area contributed by atoms with Crippen LogP contribution in [-0.2, 0) is 9.59 Å². The van der Waals surface area contributed by atoms with Crippen LogP contribution in [0.15, 0.2) is 34.1 Å². The zero-order valence-corrected chi connectivity index (χ0v) is 25.8. The van der Waals surface area contributed by atoms with Gasteiger partial charge in [-0.05, 0) is 42.6 Å². The summed E-state index contributed by atoms with van der Waals surface area (Å²) in [5, 5.41) is 15.6. The van der Waals surface area contributed by atoms with Crippen molar-refractivity contribution >= 4 is 82.5 Å². The molecule has 0 atom stereocenters. The van der Waals surface area contributed by atoms with Crippen molar-refractivity contribution in [3.63, 3.8) is 0 Å². The number of aromatic amines is 2. The molecule has 3 N–H and O–H groups in total. The van der Waals surface area contributed by atoms with E-state index in [0.29, 0.717) is 30.3 Å². The van der Waals surface area contributed by atoms with Gasteiger partial charge in [0.1, 0.15) is 5.75 Å². The first-order valence-corrected chi connectivity index (χ1v) is 21.9. The first-order chi connectivity index (χ1) is 14.9. The average molecular weight is 845 g/mol. The van der Waals surface area contributed by atoms with Crippen LogP contribution in [0, 0.1) is 25.2 Å². The normalized spacial score (nSPS) is 8.47. The standard InChI is InChI=1S/C6H6ClNO.C6H7NO2.C3H2Cl2O2.C3H5N.I3/c1-4-3-8-6(9)2-5(4)7;1-4-3-7-6(9)2-5(4)8;4-2(6)1-3(5)7;1-2-3-4;1-3-2/h2-3H,1H3,(H,8,9);2-3H,1H3,(H2,7,8,9);1H2;2H2,1H3;/q;;;;-1. The molecule has 32 heavy (non-hydrogen) atoms. The minimum atomic E-state index is -0.722. The van der Waals surface area contributed by atoms with Crippen molar-refractivity contribution in [2.45, 2.75) is 33.6 Å². The van der Waals surface area contributed by atoms with Crippen LogP contribution in [-0.4, -0.2) is 25.6 Å². The van der Waals surface area contributed by atoms with E-state index in [9.17, 15) is 19.2 Å². The SMILES string of the molecule is CCC#N.Cc1c[nH]c(=O)cc1Cl.Cc1c[nH]c(=O)cc1O.I[I-]I.O=C(Cl)CC(=O)Cl. The molecular formula is C18H20Cl3I3N3O5-. The Morgan fingerprint density at radius 3 is 1.66 bits per heavy atom. The van der Waals surface area contributed by atoms with E-state index in [0.717, 1.165) is 11.6 Å². The summed E-state index contributed by atoms with van der Waals surface area (Å²) in [7, 11) is 0. The molecule has 0 radical (unpaired) electrons. The average Bonchev–Trinajstić information content (AvgIpc) is 2.69. The third-order valence-electron chi connectivity index (χ3n) is 2.60. The summed E-state index contributed by atoms with van der Waals surface area (Å²) in [6.07, 6.45) is 3.30. The summed E-state index contributed by atoms with van der Waals surface area (Å²) >= 11 is 20.4. The van der Waals surface area contributed by atoms with Crippen molar-refractivity contribution in [1.82, 2.24) is 9.97 Å². The first-order valence-electron chi connectivity index (χ1n) is 8.19. The third-order valence-corrected chi connectivity index (χ3v) is 3.28. The number of aromatic nitrogens is 2. The van der Waals surface area contributed by atoms with Crippen LogP contribution in [0.2, 0.25) is 5.02 Å². The molecule has 0 fully saturated rings. The summed E-state index contributed by atoms with van der Waals surface area (Å²) in [5.74, 6) is 0.0405. The van der Waals surface area contributed by atoms with Gasteiger partial charge in [0.2, 0.25) is 16.0 Å². The molecule has 0 unspecified atom stereocenters. The van der Waals surface area contributed by atoms with E-state index < -0.39 is 10.5 Å². The Morgan fingerprint density at radius 1 is 1.06 bits per heavy atom. The largest absolute Gasteiger partial charge is 0.281 e.